The molecule has 0 amide bonds. The van der Waals surface area contributed by atoms with Gasteiger partial charge in [0, 0.05) is 12.0 Å². The quantitative estimate of drug-likeness (QED) is 0.810. The monoisotopic (exact) mass is 335 g/mol. The molecule has 0 spiro atoms. The lowest BCUT2D eigenvalue weighted by Crippen LogP contribution is -2.53. The molecule has 0 radical (unpaired) electrons. The third kappa shape index (κ3) is 3.12. The van der Waals surface area contributed by atoms with Crippen LogP contribution < -0.4 is 5.32 Å². The van der Waals surface area contributed by atoms with Crippen molar-refractivity contribution in [2.45, 2.75) is 49.9 Å². The van der Waals surface area contributed by atoms with Gasteiger partial charge in [0.15, 0.2) is 0 Å². The van der Waals surface area contributed by atoms with Crippen LogP contribution in [-0.4, -0.2) is 17.3 Å². The van der Waals surface area contributed by atoms with Crippen molar-refractivity contribution in [1.29, 1.82) is 0 Å². The lowest BCUT2D eigenvalue weighted by molar-refractivity contribution is -0.140. The molecule has 2 aliphatic rings. The summed E-state index contributed by atoms with van der Waals surface area (Å²) in [6.07, 6.45) is -0.324. The molecule has 3 unspecified atom stereocenters. The number of nitrogens with one attached hydrogen (secondary N) is 1. The summed E-state index contributed by atoms with van der Waals surface area (Å²) in [6.45, 7) is 0.559. The first-order valence-corrected chi connectivity index (χ1v) is 7.54. The molecule has 0 aromatic heterocycles. The maximum absolute atomic E-state index is 13.2. The fourth-order valence-electron chi connectivity index (χ4n) is 3.98. The second-order valence-corrected chi connectivity index (χ2v) is 6.22. The molecule has 1 aromatic rings. The van der Waals surface area contributed by atoms with Gasteiger partial charge in [-0.2, -0.15) is 13.2 Å². The SMILES string of the molecule is Cl.OC12CCCCC1C(c1ccccc1C(F)(F)F)NCC2. The van der Waals surface area contributed by atoms with Crippen molar-refractivity contribution in [3.8, 4) is 0 Å². The van der Waals surface area contributed by atoms with Gasteiger partial charge >= 0.3 is 6.18 Å². The average molecular weight is 336 g/mol. The van der Waals surface area contributed by atoms with Gasteiger partial charge in [-0.1, -0.05) is 31.0 Å². The van der Waals surface area contributed by atoms with Gasteiger partial charge in [0.1, 0.15) is 0 Å². The summed E-state index contributed by atoms with van der Waals surface area (Å²) in [5, 5.41) is 14.0. The minimum absolute atomic E-state index is 0. The van der Waals surface area contributed by atoms with Crippen LogP contribution >= 0.6 is 12.4 Å². The minimum Gasteiger partial charge on any atom is -0.389 e. The van der Waals surface area contributed by atoms with Crippen molar-refractivity contribution in [3.05, 3.63) is 35.4 Å². The van der Waals surface area contributed by atoms with Crippen LogP contribution in [0.2, 0.25) is 0 Å². The molecule has 3 atom stereocenters. The number of rotatable bonds is 1. The van der Waals surface area contributed by atoms with Crippen molar-refractivity contribution in [1.82, 2.24) is 5.32 Å². The van der Waals surface area contributed by atoms with E-state index in [9.17, 15) is 18.3 Å². The van der Waals surface area contributed by atoms with Crippen LogP contribution in [0.15, 0.2) is 24.3 Å². The van der Waals surface area contributed by atoms with E-state index < -0.39 is 23.4 Å². The highest BCUT2D eigenvalue weighted by atomic mass is 35.5. The van der Waals surface area contributed by atoms with Gasteiger partial charge in [-0.05, 0) is 37.4 Å². The molecule has 1 aliphatic heterocycles. The fraction of sp³-hybridized carbons (Fsp3) is 0.625. The van der Waals surface area contributed by atoms with E-state index in [-0.39, 0.29) is 23.9 Å². The van der Waals surface area contributed by atoms with Crippen molar-refractivity contribution >= 4 is 12.4 Å². The molecular weight excluding hydrogens is 315 g/mol. The van der Waals surface area contributed by atoms with Gasteiger partial charge in [0.05, 0.1) is 11.2 Å². The first-order valence-electron chi connectivity index (χ1n) is 7.54. The Morgan fingerprint density at radius 3 is 2.59 bits per heavy atom. The van der Waals surface area contributed by atoms with E-state index in [1.54, 1.807) is 12.1 Å². The summed E-state index contributed by atoms with van der Waals surface area (Å²) >= 11 is 0. The Kier molecular flexibility index (Phi) is 5.09. The summed E-state index contributed by atoms with van der Waals surface area (Å²) in [7, 11) is 0. The summed E-state index contributed by atoms with van der Waals surface area (Å²) in [4.78, 5) is 0. The summed E-state index contributed by atoms with van der Waals surface area (Å²) in [5.74, 6) is -0.136. The maximum atomic E-state index is 13.2. The average Bonchev–Trinajstić information content (AvgIpc) is 2.45. The standard InChI is InChI=1S/C16H20F3NO.ClH/c17-16(18,19)12-6-2-1-5-11(12)14-13-7-3-4-8-15(13,21)9-10-20-14;/h1-2,5-6,13-14,20-21H,3-4,7-10H2;1H. The van der Waals surface area contributed by atoms with Crippen molar-refractivity contribution in [2.24, 2.45) is 5.92 Å². The molecule has 6 heteroatoms. The van der Waals surface area contributed by atoms with E-state index in [0.717, 1.165) is 25.3 Å². The molecule has 1 saturated heterocycles. The van der Waals surface area contributed by atoms with Crippen molar-refractivity contribution < 1.29 is 18.3 Å². The van der Waals surface area contributed by atoms with E-state index in [1.165, 1.54) is 6.07 Å². The van der Waals surface area contributed by atoms with Gasteiger partial charge in [0.2, 0.25) is 0 Å². The zero-order valence-electron chi connectivity index (χ0n) is 12.2. The van der Waals surface area contributed by atoms with Crippen molar-refractivity contribution in [3.63, 3.8) is 0 Å². The highest BCUT2D eigenvalue weighted by Crippen LogP contribution is 2.47. The molecule has 0 bridgehead atoms. The van der Waals surface area contributed by atoms with Gasteiger partial charge in [-0.3, -0.25) is 0 Å². The summed E-state index contributed by atoms with van der Waals surface area (Å²) < 4.78 is 39.7. The number of hydrogen-bond donors (Lipinski definition) is 2. The Morgan fingerprint density at radius 2 is 1.86 bits per heavy atom. The fourth-order valence-corrected chi connectivity index (χ4v) is 3.98. The second kappa shape index (κ2) is 6.38. The van der Waals surface area contributed by atoms with E-state index >= 15 is 0 Å². The van der Waals surface area contributed by atoms with Crippen LogP contribution in [0.25, 0.3) is 0 Å². The molecule has 1 heterocycles. The first kappa shape index (κ1) is 17.6. The third-order valence-electron chi connectivity index (χ3n) is 4.99. The Bertz CT molecular complexity index is 518. The number of halogens is 4. The van der Waals surface area contributed by atoms with Gasteiger partial charge in [-0.25, -0.2) is 0 Å². The lowest BCUT2D eigenvalue weighted by Gasteiger charge is -2.48. The largest absolute Gasteiger partial charge is 0.416 e. The summed E-state index contributed by atoms with van der Waals surface area (Å²) in [6, 6.07) is 5.32. The molecule has 2 fully saturated rings. The molecule has 124 valence electrons. The minimum atomic E-state index is -4.36. The second-order valence-electron chi connectivity index (χ2n) is 6.22. The normalized spacial score (nSPS) is 32.0. The molecule has 1 aromatic carbocycles. The van der Waals surface area contributed by atoms with Crippen LogP contribution in [0.3, 0.4) is 0 Å². The predicted molar refractivity (Wildman–Crippen MR) is 81.0 cm³/mol. The molecule has 2 nitrogen and oxygen atoms in total. The molecule has 2 N–H and O–H groups in total. The Morgan fingerprint density at radius 1 is 1.14 bits per heavy atom. The van der Waals surface area contributed by atoms with E-state index in [2.05, 4.69) is 5.32 Å². The first-order chi connectivity index (χ1) is 9.92. The van der Waals surface area contributed by atoms with Gasteiger partial charge in [0.25, 0.3) is 0 Å². The Hall–Kier alpha value is -0.780. The van der Waals surface area contributed by atoms with Crippen molar-refractivity contribution in [2.75, 3.05) is 6.54 Å². The van der Waals surface area contributed by atoms with E-state index in [0.29, 0.717) is 19.4 Å². The third-order valence-corrected chi connectivity index (χ3v) is 4.99. The zero-order valence-corrected chi connectivity index (χ0v) is 13.0. The van der Waals surface area contributed by atoms with Gasteiger partial charge in [-0.15, -0.1) is 12.4 Å². The van der Waals surface area contributed by atoms with Crippen LogP contribution in [0.4, 0.5) is 13.2 Å². The lowest BCUT2D eigenvalue weighted by atomic mass is 9.66. The Labute approximate surface area is 134 Å². The number of piperidine rings is 1. The number of benzene rings is 1. The van der Waals surface area contributed by atoms with Gasteiger partial charge < -0.3 is 10.4 Å². The van der Waals surface area contributed by atoms with Crippen LogP contribution in [0.1, 0.15) is 49.3 Å². The number of hydrogen-bond acceptors (Lipinski definition) is 2. The number of fused-ring (bicyclic) bond motifs is 1. The molecule has 1 saturated carbocycles. The topological polar surface area (TPSA) is 32.3 Å². The summed E-state index contributed by atoms with van der Waals surface area (Å²) in [5.41, 5.74) is -1.13. The molecule has 22 heavy (non-hydrogen) atoms. The number of alkyl halides is 3. The zero-order chi connectivity index (χ0) is 15.1. The molecule has 3 rings (SSSR count). The van der Waals surface area contributed by atoms with E-state index in [4.69, 9.17) is 0 Å². The maximum Gasteiger partial charge on any atom is 0.416 e. The molecule has 1 aliphatic carbocycles. The number of aliphatic hydroxyl groups is 1. The highest BCUT2D eigenvalue weighted by molar-refractivity contribution is 5.85. The molecular formula is C16H21ClF3NO. The van der Waals surface area contributed by atoms with Crippen LogP contribution in [0, 0.1) is 5.92 Å². The van der Waals surface area contributed by atoms with E-state index in [1.807, 2.05) is 0 Å². The van der Waals surface area contributed by atoms with Crippen LogP contribution in [0.5, 0.6) is 0 Å². The predicted octanol–water partition coefficient (Wildman–Crippen LogP) is 4.08. The smallest absolute Gasteiger partial charge is 0.389 e. The van der Waals surface area contributed by atoms with Crippen LogP contribution in [-0.2, 0) is 6.18 Å². The highest BCUT2D eigenvalue weighted by Gasteiger charge is 2.47. The Balaban J connectivity index is 0.00000176.